The topological polar surface area (TPSA) is 71.0 Å². The summed E-state index contributed by atoms with van der Waals surface area (Å²) in [6, 6.07) is 13.2. The van der Waals surface area contributed by atoms with E-state index in [1.807, 2.05) is 30.3 Å². The molecule has 0 atom stereocenters. The van der Waals surface area contributed by atoms with Gasteiger partial charge in [0.2, 0.25) is 0 Å². The largest absolute Gasteiger partial charge is 0.392 e. The lowest BCUT2D eigenvalue weighted by Gasteiger charge is -2.04. The molecule has 0 spiro atoms. The number of rotatable bonds is 5. The van der Waals surface area contributed by atoms with E-state index in [1.165, 1.54) is 18.0 Å². The Hall–Kier alpha value is -1.53. The highest BCUT2D eigenvalue weighted by molar-refractivity contribution is 8.13. The number of aliphatic hydroxyl groups is 1. The Morgan fingerprint density at radius 2 is 1.78 bits per heavy atom. The lowest BCUT2D eigenvalue weighted by atomic mass is 10.1. The summed E-state index contributed by atoms with van der Waals surface area (Å²) in [4.78, 5) is 0. The summed E-state index contributed by atoms with van der Waals surface area (Å²) in [5, 5.41) is 18.1. The van der Waals surface area contributed by atoms with Gasteiger partial charge < -0.3 is 10.8 Å². The van der Waals surface area contributed by atoms with Crippen LogP contribution in [0.15, 0.2) is 52.7 Å². The van der Waals surface area contributed by atoms with Gasteiger partial charge in [0.05, 0.1) is 22.9 Å². The number of hydrogen-bond donors (Lipinski definition) is 2. The van der Waals surface area contributed by atoms with Gasteiger partial charge in [0.1, 0.15) is 0 Å². The van der Waals surface area contributed by atoms with Crippen LogP contribution in [0.5, 0.6) is 0 Å². The monoisotopic (exact) mass is 367 g/mol. The van der Waals surface area contributed by atoms with Crippen LogP contribution in [0.3, 0.4) is 0 Å². The van der Waals surface area contributed by atoms with Crippen LogP contribution in [-0.2, 0) is 12.4 Å². The van der Waals surface area contributed by atoms with Gasteiger partial charge in [-0.3, -0.25) is 0 Å². The molecule has 0 heterocycles. The molecule has 120 valence electrons. The predicted molar refractivity (Wildman–Crippen MR) is 99.3 cm³/mol. The predicted octanol–water partition coefficient (Wildman–Crippen LogP) is 4.07. The molecule has 0 bridgehead atoms. The molecule has 4 nitrogen and oxygen atoms in total. The van der Waals surface area contributed by atoms with E-state index in [-0.39, 0.29) is 6.61 Å². The molecule has 0 fully saturated rings. The van der Waals surface area contributed by atoms with Crippen molar-refractivity contribution in [3.63, 3.8) is 0 Å². The number of halogens is 2. The second kappa shape index (κ2) is 8.93. The summed E-state index contributed by atoms with van der Waals surface area (Å²) in [6.07, 6.45) is 1.45. The molecule has 3 N–H and O–H groups in total. The summed E-state index contributed by atoms with van der Waals surface area (Å²) in [5.41, 5.74) is 8.14. The average Bonchev–Trinajstić information content (AvgIpc) is 2.56. The maximum atomic E-state index is 9.09. The molecule has 0 saturated carbocycles. The summed E-state index contributed by atoms with van der Waals surface area (Å²) in [5.74, 6) is 0.721. The number of benzene rings is 2. The minimum Gasteiger partial charge on any atom is -0.392 e. The Kier molecular flexibility index (Phi) is 6.92. The van der Waals surface area contributed by atoms with Crippen molar-refractivity contribution in [1.29, 1.82) is 0 Å². The Labute approximate surface area is 149 Å². The van der Waals surface area contributed by atoms with Gasteiger partial charge in [0, 0.05) is 11.3 Å². The van der Waals surface area contributed by atoms with Crippen LogP contribution >= 0.6 is 35.0 Å². The number of hydrogen-bond acceptors (Lipinski definition) is 4. The van der Waals surface area contributed by atoms with Crippen molar-refractivity contribution < 1.29 is 5.11 Å². The molecule has 2 aromatic carbocycles. The van der Waals surface area contributed by atoms with Crippen molar-refractivity contribution in [2.24, 2.45) is 15.9 Å². The van der Waals surface area contributed by atoms with Gasteiger partial charge in [-0.15, -0.1) is 5.10 Å². The van der Waals surface area contributed by atoms with Gasteiger partial charge in [-0.05, 0) is 23.3 Å². The molecule has 0 radical (unpaired) electrons. The first kappa shape index (κ1) is 17.8. The molecule has 23 heavy (non-hydrogen) atoms. The highest BCUT2D eigenvalue weighted by Crippen LogP contribution is 2.25. The molecule has 0 aliphatic rings. The number of aliphatic hydroxyl groups excluding tert-OH is 1. The van der Waals surface area contributed by atoms with Gasteiger partial charge >= 0.3 is 0 Å². The van der Waals surface area contributed by atoms with Gasteiger partial charge in [-0.25, -0.2) is 0 Å². The number of thioether (sulfide) groups is 1. The minimum atomic E-state index is -0.127. The highest BCUT2D eigenvalue weighted by Gasteiger charge is 2.06. The molecular formula is C16H15Cl2N3OS. The second-order valence-corrected chi connectivity index (χ2v) is 6.40. The molecule has 0 saturated heterocycles. The third-order valence-corrected chi connectivity index (χ3v) is 4.37. The Morgan fingerprint density at radius 3 is 2.39 bits per heavy atom. The standard InChI is InChI=1S/C16H15Cl2N3OS/c17-14-6-12(9-22)7-15(18)13(14)8-20-21-16(19)23-10-11-4-2-1-3-5-11/h1-8,22H,9-10H2,(H2,19,21). The van der Waals surface area contributed by atoms with E-state index in [2.05, 4.69) is 10.2 Å². The van der Waals surface area contributed by atoms with E-state index in [9.17, 15) is 0 Å². The van der Waals surface area contributed by atoms with Crippen molar-refractivity contribution in [2.75, 3.05) is 0 Å². The van der Waals surface area contributed by atoms with E-state index in [0.717, 1.165) is 11.3 Å². The second-order valence-electron chi connectivity index (χ2n) is 4.59. The normalized spacial score (nSPS) is 12.0. The van der Waals surface area contributed by atoms with Gasteiger partial charge in [0.15, 0.2) is 5.17 Å². The average molecular weight is 368 g/mol. The van der Waals surface area contributed by atoms with Crippen LogP contribution in [0.4, 0.5) is 0 Å². The van der Waals surface area contributed by atoms with Gasteiger partial charge in [-0.2, -0.15) is 5.10 Å². The number of amidine groups is 1. The zero-order valence-corrected chi connectivity index (χ0v) is 14.4. The summed E-state index contributed by atoms with van der Waals surface area (Å²) < 4.78 is 0. The zero-order valence-electron chi connectivity index (χ0n) is 12.1. The Morgan fingerprint density at radius 1 is 1.13 bits per heavy atom. The number of nitrogens with two attached hydrogens (primary N) is 1. The molecule has 2 aromatic rings. The van der Waals surface area contributed by atoms with E-state index < -0.39 is 0 Å². The quantitative estimate of drug-likeness (QED) is 0.475. The van der Waals surface area contributed by atoms with Crippen molar-refractivity contribution in [2.45, 2.75) is 12.4 Å². The summed E-state index contributed by atoms with van der Waals surface area (Å²) in [6.45, 7) is -0.127. The van der Waals surface area contributed by atoms with E-state index in [1.54, 1.807) is 12.1 Å². The SMILES string of the molecule is NC(=NN=Cc1c(Cl)cc(CO)cc1Cl)SCc1ccccc1. The van der Waals surface area contributed by atoms with Gasteiger partial charge in [0.25, 0.3) is 0 Å². The first-order valence-corrected chi connectivity index (χ1v) is 8.46. The van der Waals surface area contributed by atoms with Crippen LogP contribution in [0.25, 0.3) is 0 Å². The lowest BCUT2D eigenvalue weighted by molar-refractivity contribution is 0.282. The molecule has 0 amide bonds. The van der Waals surface area contributed by atoms with Crippen LogP contribution in [-0.4, -0.2) is 16.5 Å². The first-order valence-electron chi connectivity index (χ1n) is 6.72. The van der Waals surface area contributed by atoms with Crippen molar-refractivity contribution in [3.8, 4) is 0 Å². The maximum Gasteiger partial charge on any atom is 0.180 e. The fourth-order valence-electron chi connectivity index (χ4n) is 1.76. The van der Waals surface area contributed by atoms with Crippen molar-refractivity contribution >= 4 is 46.3 Å². The molecule has 0 unspecified atom stereocenters. The molecule has 7 heteroatoms. The lowest BCUT2D eigenvalue weighted by Crippen LogP contribution is -2.06. The van der Waals surface area contributed by atoms with Crippen molar-refractivity contribution in [1.82, 2.24) is 0 Å². The summed E-state index contributed by atoms with van der Waals surface area (Å²) in [7, 11) is 0. The van der Waals surface area contributed by atoms with Crippen LogP contribution < -0.4 is 5.73 Å². The van der Waals surface area contributed by atoms with E-state index in [0.29, 0.717) is 26.3 Å². The molecule has 0 aliphatic carbocycles. The first-order chi connectivity index (χ1) is 11.1. The molecule has 2 rings (SSSR count). The van der Waals surface area contributed by atoms with Crippen molar-refractivity contribution in [3.05, 3.63) is 69.2 Å². The van der Waals surface area contributed by atoms with E-state index >= 15 is 0 Å². The van der Waals surface area contributed by atoms with E-state index in [4.69, 9.17) is 34.0 Å². The maximum absolute atomic E-state index is 9.09. The van der Waals surface area contributed by atoms with Crippen LogP contribution in [0.1, 0.15) is 16.7 Å². The highest BCUT2D eigenvalue weighted by atomic mass is 35.5. The third-order valence-electron chi connectivity index (χ3n) is 2.89. The van der Waals surface area contributed by atoms with Crippen LogP contribution in [0.2, 0.25) is 10.0 Å². The Bertz CT molecular complexity index is 698. The number of nitrogens with zero attached hydrogens (tertiary/aromatic N) is 2. The zero-order chi connectivity index (χ0) is 16.7. The smallest absolute Gasteiger partial charge is 0.180 e. The molecule has 0 aromatic heterocycles. The Balaban J connectivity index is 2.00. The molecular weight excluding hydrogens is 353 g/mol. The molecule has 0 aliphatic heterocycles. The fourth-order valence-corrected chi connectivity index (χ4v) is 3.00. The fraction of sp³-hybridized carbons (Fsp3) is 0.125. The van der Waals surface area contributed by atoms with Crippen LogP contribution in [0, 0.1) is 0 Å². The minimum absolute atomic E-state index is 0.127. The third kappa shape index (κ3) is 5.55. The van der Waals surface area contributed by atoms with Gasteiger partial charge in [-0.1, -0.05) is 65.3 Å². The summed E-state index contributed by atoms with van der Waals surface area (Å²) >= 11 is 13.6.